The second-order valence-corrected chi connectivity index (χ2v) is 8.31. The van der Waals surface area contributed by atoms with E-state index < -0.39 is 16.1 Å². The molecule has 1 unspecified atom stereocenters. The molecule has 0 heterocycles. The van der Waals surface area contributed by atoms with E-state index in [0.29, 0.717) is 11.6 Å². The van der Waals surface area contributed by atoms with Gasteiger partial charge in [-0.3, -0.25) is 4.79 Å². The predicted molar refractivity (Wildman–Crippen MR) is 104 cm³/mol. The summed E-state index contributed by atoms with van der Waals surface area (Å²) in [6, 6.07) is 12.9. The minimum Gasteiger partial charge on any atom is -0.340 e. The zero-order valence-electron chi connectivity index (χ0n) is 15.1. The van der Waals surface area contributed by atoms with Crippen molar-refractivity contribution in [1.82, 2.24) is 9.62 Å². The van der Waals surface area contributed by atoms with Gasteiger partial charge in [-0.25, -0.2) is 8.42 Å². The first-order valence-corrected chi connectivity index (χ1v) is 10.2. The normalized spacial score (nSPS) is 12.6. The van der Waals surface area contributed by atoms with Crippen LogP contribution in [0.3, 0.4) is 0 Å². The average Bonchev–Trinajstić information content (AvgIpc) is 2.61. The summed E-state index contributed by atoms with van der Waals surface area (Å²) < 4.78 is 27.2. The average molecular weight is 395 g/mol. The fourth-order valence-electron chi connectivity index (χ4n) is 2.53. The van der Waals surface area contributed by atoms with E-state index in [1.54, 1.807) is 7.05 Å². The van der Waals surface area contributed by atoms with E-state index in [1.807, 2.05) is 24.3 Å². The highest BCUT2D eigenvalue weighted by Gasteiger charge is 2.24. The van der Waals surface area contributed by atoms with Gasteiger partial charge in [-0.2, -0.15) is 4.72 Å². The Hall–Kier alpha value is -1.89. The van der Waals surface area contributed by atoms with Crippen LogP contribution in [0.15, 0.2) is 53.4 Å². The molecule has 0 spiro atoms. The van der Waals surface area contributed by atoms with Crippen LogP contribution in [0.25, 0.3) is 0 Å². The molecule has 26 heavy (non-hydrogen) atoms. The standard InChI is InChI=1S/C19H23ClN2O3S/c1-4-15-5-7-16(8-6-15)13-22(3)19(23)14(2)21-26(24,25)18-11-9-17(20)10-12-18/h5-12,14,21H,4,13H2,1-3H3. The van der Waals surface area contributed by atoms with Crippen molar-refractivity contribution in [1.29, 1.82) is 0 Å². The molecule has 5 nitrogen and oxygen atoms in total. The number of nitrogens with zero attached hydrogens (tertiary/aromatic N) is 1. The van der Waals surface area contributed by atoms with Crippen LogP contribution >= 0.6 is 11.6 Å². The zero-order valence-corrected chi connectivity index (χ0v) is 16.6. The van der Waals surface area contributed by atoms with Crippen molar-refractivity contribution in [2.75, 3.05) is 7.05 Å². The fourth-order valence-corrected chi connectivity index (χ4v) is 3.85. The lowest BCUT2D eigenvalue weighted by atomic mass is 10.1. The van der Waals surface area contributed by atoms with Gasteiger partial charge in [-0.1, -0.05) is 42.8 Å². The van der Waals surface area contributed by atoms with E-state index in [2.05, 4.69) is 11.6 Å². The number of likely N-dealkylation sites (N-methyl/N-ethyl adjacent to an activating group) is 1. The van der Waals surface area contributed by atoms with E-state index in [4.69, 9.17) is 11.6 Å². The van der Waals surface area contributed by atoms with Gasteiger partial charge in [-0.05, 0) is 48.7 Å². The molecule has 1 atom stereocenters. The molecular formula is C19H23ClN2O3S. The molecule has 2 aromatic rings. The van der Waals surface area contributed by atoms with Crippen LogP contribution in [0.4, 0.5) is 0 Å². The second-order valence-electron chi connectivity index (χ2n) is 6.16. The third-order valence-electron chi connectivity index (χ3n) is 4.05. The molecule has 1 N–H and O–H groups in total. The molecule has 2 aromatic carbocycles. The Labute approximate surface area is 160 Å². The molecule has 0 radical (unpaired) electrons. The number of carbonyl (C=O) groups is 1. The topological polar surface area (TPSA) is 66.5 Å². The van der Waals surface area contributed by atoms with Crippen LogP contribution in [0.2, 0.25) is 5.02 Å². The number of halogens is 1. The lowest BCUT2D eigenvalue weighted by molar-refractivity contribution is -0.131. The number of benzene rings is 2. The minimum atomic E-state index is -3.79. The van der Waals surface area contributed by atoms with Crippen molar-refractivity contribution in [3.05, 3.63) is 64.7 Å². The second kappa shape index (κ2) is 8.66. The molecule has 0 aliphatic rings. The summed E-state index contributed by atoms with van der Waals surface area (Å²) in [5.74, 6) is -0.304. The van der Waals surface area contributed by atoms with Crippen LogP contribution in [0.1, 0.15) is 25.0 Å². The summed E-state index contributed by atoms with van der Waals surface area (Å²) in [5.41, 5.74) is 2.22. The first kappa shape index (κ1) is 20.4. The SMILES string of the molecule is CCc1ccc(CN(C)C(=O)C(C)NS(=O)(=O)c2ccc(Cl)cc2)cc1. The van der Waals surface area contributed by atoms with Crippen LogP contribution in [0.5, 0.6) is 0 Å². The van der Waals surface area contributed by atoms with Gasteiger partial charge in [0.05, 0.1) is 10.9 Å². The number of nitrogens with one attached hydrogen (secondary N) is 1. The van der Waals surface area contributed by atoms with Gasteiger partial charge in [0, 0.05) is 18.6 Å². The number of rotatable bonds is 7. The molecule has 2 rings (SSSR count). The monoisotopic (exact) mass is 394 g/mol. The molecule has 0 saturated heterocycles. The number of hydrogen-bond acceptors (Lipinski definition) is 3. The maximum absolute atomic E-state index is 12.5. The largest absolute Gasteiger partial charge is 0.340 e. The zero-order chi connectivity index (χ0) is 19.3. The lowest BCUT2D eigenvalue weighted by Crippen LogP contribution is -2.45. The van der Waals surface area contributed by atoms with Crippen molar-refractivity contribution in [2.24, 2.45) is 0 Å². The van der Waals surface area contributed by atoms with Crippen molar-refractivity contribution in [2.45, 2.75) is 37.8 Å². The van der Waals surface area contributed by atoms with Crippen molar-refractivity contribution in [3.8, 4) is 0 Å². The smallest absolute Gasteiger partial charge is 0.241 e. The van der Waals surface area contributed by atoms with Gasteiger partial charge < -0.3 is 4.90 Å². The van der Waals surface area contributed by atoms with E-state index in [0.717, 1.165) is 12.0 Å². The Kier molecular flexibility index (Phi) is 6.81. The van der Waals surface area contributed by atoms with E-state index in [1.165, 1.54) is 41.7 Å². The van der Waals surface area contributed by atoms with Crippen molar-refractivity contribution in [3.63, 3.8) is 0 Å². The third kappa shape index (κ3) is 5.30. The van der Waals surface area contributed by atoms with E-state index in [-0.39, 0.29) is 10.8 Å². The molecular weight excluding hydrogens is 372 g/mol. The van der Waals surface area contributed by atoms with Crippen LogP contribution in [-0.4, -0.2) is 32.3 Å². The molecule has 0 aliphatic heterocycles. The van der Waals surface area contributed by atoms with Crippen LogP contribution < -0.4 is 4.72 Å². The Morgan fingerprint density at radius 3 is 2.15 bits per heavy atom. The number of hydrogen-bond donors (Lipinski definition) is 1. The summed E-state index contributed by atoms with van der Waals surface area (Å²) in [6.45, 7) is 4.03. The van der Waals surface area contributed by atoms with Crippen molar-refractivity contribution >= 4 is 27.5 Å². The maximum atomic E-state index is 12.5. The summed E-state index contributed by atoms with van der Waals surface area (Å²) >= 11 is 5.78. The quantitative estimate of drug-likeness (QED) is 0.784. The van der Waals surface area contributed by atoms with Crippen LogP contribution in [-0.2, 0) is 27.8 Å². The molecule has 1 amide bonds. The van der Waals surface area contributed by atoms with Crippen LogP contribution in [0, 0.1) is 0 Å². The maximum Gasteiger partial charge on any atom is 0.241 e. The van der Waals surface area contributed by atoms with Gasteiger partial charge in [0.15, 0.2) is 0 Å². The number of amides is 1. The summed E-state index contributed by atoms with van der Waals surface area (Å²) in [6.07, 6.45) is 0.957. The molecule has 140 valence electrons. The highest BCUT2D eigenvalue weighted by Crippen LogP contribution is 2.15. The predicted octanol–water partition coefficient (Wildman–Crippen LogP) is 3.23. The van der Waals surface area contributed by atoms with Gasteiger partial charge in [0.25, 0.3) is 0 Å². The van der Waals surface area contributed by atoms with Gasteiger partial charge >= 0.3 is 0 Å². The van der Waals surface area contributed by atoms with Gasteiger partial charge in [0.2, 0.25) is 15.9 Å². The third-order valence-corrected chi connectivity index (χ3v) is 5.86. The van der Waals surface area contributed by atoms with Gasteiger partial charge in [0.1, 0.15) is 0 Å². The molecule has 0 aliphatic carbocycles. The number of carbonyl (C=O) groups excluding carboxylic acids is 1. The molecule has 0 fully saturated rings. The first-order valence-electron chi connectivity index (χ1n) is 8.33. The Morgan fingerprint density at radius 1 is 1.08 bits per heavy atom. The molecule has 0 saturated carbocycles. The minimum absolute atomic E-state index is 0.0688. The molecule has 0 bridgehead atoms. The number of sulfonamides is 1. The summed E-state index contributed by atoms with van der Waals surface area (Å²) in [7, 11) is -2.14. The first-order chi connectivity index (χ1) is 12.2. The summed E-state index contributed by atoms with van der Waals surface area (Å²) in [5, 5.41) is 0.446. The van der Waals surface area contributed by atoms with E-state index >= 15 is 0 Å². The molecule has 7 heteroatoms. The van der Waals surface area contributed by atoms with E-state index in [9.17, 15) is 13.2 Å². The van der Waals surface area contributed by atoms with Crippen molar-refractivity contribution < 1.29 is 13.2 Å². The lowest BCUT2D eigenvalue weighted by Gasteiger charge is -2.22. The Balaban J connectivity index is 2.02. The Bertz CT molecular complexity index is 849. The summed E-state index contributed by atoms with van der Waals surface area (Å²) in [4.78, 5) is 14.1. The van der Waals surface area contributed by atoms with Gasteiger partial charge in [-0.15, -0.1) is 0 Å². The Morgan fingerprint density at radius 2 is 1.62 bits per heavy atom. The number of aryl methyl sites for hydroxylation is 1. The highest BCUT2D eigenvalue weighted by molar-refractivity contribution is 7.89. The highest BCUT2D eigenvalue weighted by atomic mass is 35.5. The fraction of sp³-hybridized carbons (Fsp3) is 0.316. The molecule has 0 aromatic heterocycles.